The summed E-state index contributed by atoms with van der Waals surface area (Å²) in [5.41, 5.74) is -0.524. The van der Waals surface area contributed by atoms with E-state index in [1.54, 1.807) is 12.1 Å². The molecule has 2 fully saturated rings. The van der Waals surface area contributed by atoms with Crippen molar-refractivity contribution in [3.63, 3.8) is 0 Å². The third-order valence-corrected chi connectivity index (χ3v) is 9.32. The van der Waals surface area contributed by atoms with Crippen molar-refractivity contribution < 1.29 is 23.8 Å². The lowest BCUT2D eigenvalue weighted by Gasteiger charge is -2.49. The Morgan fingerprint density at radius 2 is 1.72 bits per heavy atom. The molecule has 0 bridgehead atoms. The van der Waals surface area contributed by atoms with Crippen LogP contribution in [0.2, 0.25) is 0 Å². The number of phenols is 1. The number of methoxy groups -OCH3 is 1. The topological polar surface area (TPSA) is 116 Å². The number of hydrogen-bond acceptors (Lipinski definition) is 6. The van der Waals surface area contributed by atoms with Crippen LogP contribution in [0.4, 0.5) is 10.1 Å². The molecule has 1 aliphatic carbocycles. The summed E-state index contributed by atoms with van der Waals surface area (Å²) in [4.78, 5) is 50.6. The van der Waals surface area contributed by atoms with Crippen LogP contribution < -0.4 is 21.0 Å². The zero-order valence-corrected chi connectivity index (χ0v) is 22.1. The maximum absolute atomic E-state index is 14.2. The molecule has 6 rings (SSSR count). The lowest BCUT2D eigenvalue weighted by Crippen LogP contribution is -2.59. The minimum Gasteiger partial charge on any atom is -0.508 e. The van der Waals surface area contributed by atoms with E-state index in [2.05, 4.69) is 0 Å². The highest BCUT2D eigenvalue weighted by Crippen LogP contribution is 2.64. The minimum absolute atomic E-state index is 0.0137. The van der Waals surface area contributed by atoms with E-state index < -0.39 is 50.7 Å². The van der Waals surface area contributed by atoms with Crippen LogP contribution in [-0.4, -0.2) is 47.7 Å². The Kier molecular flexibility index (Phi) is 5.44. The number of phenolic OH excluding ortho intramolecular Hbond substituents is 1. The van der Waals surface area contributed by atoms with E-state index in [1.165, 1.54) is 47.8 Å². The van der Waals surface area contributed by atoms with E-state index in [0.29, 0.717) is 11.3 Å². The number of halogens is 3. The Labute approximate surface area is 230 Å². The minimum atomic E-state index is -2.16. The summed E-state index contributed by atoms with van der Waals surface area (Å²) < 4.78 is 22.2. The smallest absolute Gasteiger partial charge is 0.347 e. The molecule has 0 unspecified atom stereocenters. The molecule has 3 aromatic rings. The largest absolute Gasteiger partial charge is 0.508 e. The molecular weight excluding hydrogens is 554 g/mol. The summed E-state index contributed by atoms with van der Waals surface area (Å²) in [6.45, 7) is -0.0137. The Morgan fingerprint density at radius 3 is 2.36 bits per heavy atom. The molecule has 39 heavy (non-hydrogen) atoms. The summed E-state index contributed by atoms with van der Waals surface area (Å²) >= 11 is 14.4. The number of carbonyl (C=O) groups is 2. The molecule has 3 heterocycles. The average Bonchev–Trinajstić information content (AvgIpc) is 3.23. The maximum Gasteiger partial charge on any atom is 0.347 e. The number of aromatic hydroxyl groups is 1. The molecule has 1 saturated carbocycles. The molecular formula is C26H21Cl2FN4O6. The van der Waals surface area contributed by atoms with Crippen molar-refractivity contribution in [2.24, 2.45) is 7.05 Å². The standard InChI is InChI=1S/C26H21Cl2FN4O6/c1-30-23(37)31-10-9-16-18(33(31)24(30)38)12-25(27)21(35)32(14-5-3-13(29)4-6-14)22(36)26(25,28)20(16)17-8-7-15(39-2)11-19(17)34/h3-9,11,18,20,34H,10,12H2,1-2H3/t18-,20-,25-,26+/m1/s1. The second-order valence-electron chi connectivity index (χ2n) is 9.77. The van der Waals surface area contributed by atoms with Gasteiger partial charge in [0.15, 0.2) is 9.75 Å². The molecule has 10 nitrogen and oxygen atoms in total. The first-order valence-corrected chi connectivity index (χ1v) is 12.7. The van der Waals surface area contributed by atoms with Gasteiger partial charge in [-0.05, 0) is 35.9 Å². The monoisotopic (exact) mass is 574 g/mol. The van der Waals surface area contributed by atoms with Crippen LogP contribution in [0.3, 0.4) is 0 Å². The highest BCUT2D eigenvalue weighted by atomic mass is 35.5. The van der Waals surface area contributed by atoms with Gasteiger partial charge in [0, 0.05) is 31.0 Å². The first-order chi connectivity index (χ1) is 18.5. The summed E-state index contributed by atoms with van der Waals surface area (Å²) in [6.07, 6.45) is 1.36. The van der Waals surface area contributed by atoms with E-state index >= 15 is 0 Å². The van der Waals surface area contributed by atoms with Gasteiger partial charge in [0.2, 0.25) is 0 Å². The number of allylic oxidation sites excluding steroid dienone is 2. The highest BCUT2D eigenvalue weighted by molar-refractivity contribution is 6.58. The number of amides is 2. The second kappa shape index (κ2) is 8.33. The van der Waals surface area contributed by atoms with Gasteiger partial charge in [-0.15, -0.1) is 23.2 Å². The first-order valence-electron chi connectivity index (χ1n) is 11.9. The second-order valence-corrected chi connectivity index (χ2v) is 11.0. The van der Waals surface area contributed by atoms with Gasteiger partial charge in [0.25, 0.3) is 11.8 Å². The fourth-order valence-corrected chi connectivity index (χ4v) is 6.92. The molecule has 2 aliphatic heterocycles. The summed E-state index contributed by atoms with van der Waals surface area (Å²) in [5.74, 6) is -3.44. The highest BCUT2D eigenvalue weighted by Gasteiger charge is 2.76. The van der Waals surface area contributed by atoms with Gasteiger partial charge in [-0.25, -0.2) is 32.8 Å². The Balaban J connectivity index is 1.63. The molecule has 1 saturated heterocycles. The number of rotatable bonds is 3. The molecule has 2 amide bonds. The van der Waals surface area contributed by atoms with E-state index in [-0.39, 0.29) is 30.0 Å². The lowest BCUT2D eigenvalue weighted by atomic mass is 9.64. The van der Waals surface area contributed by atoms with Crippen molar-refractivity contribution in [1.29, 1.82) is 0 Å². The van der Waals surface area contributed by atoms with E-state index in [4.69, 9.17) is 27.9 Å². The number of anilines is 1. The molecule has 0 radical (unpaired) electrons. The molecule has 202 valence electrons. The zero-order valence-electron chi connectivity index (χ0n) is 20.6. The van der Waals surface area contributed by atoms with Crippen molar-refractivity contribution in [3.8, 4) is 11.5 Å². The van der Waals surface area contributed by atoms with Crippen LogP contribution in [0.25, 0.3) is 0 Å². The fourth-order valence-electron chi connectivity index (χ4n) is 6.01. The molecule has 2 aromatic carbocycles. The van der Waals surface area contributed by atoms with Gasteiger partial charge in [-0.2, -0.15) is 0 Å². The lowest BCUT2D eigenvalue weighted by molar-refractivity contribution is -0.122. The van der Waals surface area contributed by atoms with Crippen molar-refractivity contribution in [3.05, 3.63) is 86.5 Å². The predicted molar refractivity (Wildman–Crippen MR) is 139 cm³/mol. The van der Waals surface area contributed by atoms with Crippen molar-refractivity contribution in [1.82, 2.24) is 13.9 Å². The number of carbonyl (C=O) groups excluding carboxylic acids is 2. The van der Waals surface area contributed by atoms with Gasteiger partial charge >= 0.3 is 11.4 Å². The SMILES string of the molecule is COc1ccc([C@H]2C3=CCn4c(=O)n(C)c(=O)n4[C@@H]3C[C@@]3(Cl)C(=O)N(c4ccc(F)cc4)C(=O)[C@@]23Cl)c(O)c1. The number of alkyl halides is 2. The molecule has 1 aromatic heterocycles. The number of fused-ring (bicyclic) bond motifs is 4. The van der Waals surface area contributed by atoms with E-state index in [0.717, 1.165) is 21.6 Å². The number of imide groups is 1. The quantitative estimate of drug-likeness (QED) is 0.292. The van der Waals surface area contributed by atoms with Crippen LogP contribution in [0.5, 0.6) is 11.5 Å². The number of aromatic nitrogens is 3. The Bertz CT molecular complexity index is 1730. The van der Waals surface area contributed by atoms with Crippen LogP contribution in [0.1, 0.15) is 23.9 Å². The van der Waals surface area contributed by atoms with Crippen LogP contribution in [-0.2, 0) is 23.2 Å². The van der Waals surface area contributed by atoms with Crippen LogP contribution in [0, 0.1) is 5.82 Å². The first kappa shape index (κ1) is 25.4. The summed E-state index contributed by atoms with van der Waals surface area (Å²) in [5, 5.41) is 11.1. The molecule has 0 spiro atoms. The fraction of sp³-hybridized carbons (Fsp3) is 0.308. The van der Waals surface area contributed by atoms with Gasteiger partial charge in [0.05, 0.1) is 25.4 Å². The predicted octanol–water partition coefficient (Wildman–Crippen LogP) is 2.40. The summed E-state index contributed by atoms with van der Waals surface area (Å²) in [6, 6.07) is 8.17. The van der Waals surface area contributed by atoms with E-state index in [1.807, 2.05) is 0 Å². The normalized spacial score (nSPS) is 27.6. The number of hydrogen-bond donors (Lipinski definition) is 1. The average molecular weight is 575 g/mol. The van der Waals surface area contributed by atoms with Crippen molar-refractivity contribution >= 4 is 40.7 Å². The Hall–Kier alpha value is -3.83. The van der Waals surface area contributed by atoms with Gasteiger partial charge in [-0.1, -0.05) is 12.1 Å². The van der Waals surface area contributed by atoms with Gasteiger partial charge in [0.1, 0.15) is 17.3 Å². The molecule has 4 atom stereocenters. The third-order valence-electron chi connectivity index (χ3n) is 7.90. The van der Waals surface area contributed by atoms with Gasteiger partial charge in [-0.3, -0.25) is 9.59 Å². The van der Waals surface area contributed by atoms with Crippen LogP contribution in [0.15, 0.2) is 63.7 Å². The maximum atomic E-state index is 14.2. The van der Waals surface area contributed by atoms with Gasteiger partial charge < -0.3 is 9.84 Å². The molecule has 1 N–H and O–H groups in total. The molecule has 13 heteroatoms. The number of benzene rings is 2. The number of ether oxygens (including phenoxy) is 1. The van der Waals surface area contributed by atoms with E-state index in [9.17, 15) is 28.7 Å². The number of nitrogens with zero attached hydrogens (tertiary/aromatic N) is 4. The molecule has 3 aliphatic rings. The zero-order chi connectivity index (χ0) is 28.0. The third kappa shape index (κ3) is 3.14. The van der Waals surface area contributed by atoms with Crippen molar-refractivity contribution in [2.45, 2.75) is 34.7 Å². The van der Waals surface area contributed by atoms with Crippen molar-refractivity contribution in [2.75, 3.05) is 12.0 Å². The summed E-state index contributed by atoms with van der Waals surface area (Å²) in [7, 11) is 2.75. The Morgan fingerprint density at radius 1 is 1.03 bits per heavy atom. The van der Waals surface area contributed by atoms with Crippen LogP contribution >= 0.6 is 23.2 Å².